The average molecular weight is 412 g/mol. The molecule has 2 fully saturated rings. The van der Waals surface area contributed by atoms with Gasteiger partial charge in [-0.25, -0.2) is 0 Å². The fourth-order valence-corrected chi connectivity index (χ4v) is 4.02. The van der Waals surface area contributed by atoms with Crippen molar-refractivity contribution in [3.05, 3.63) is 59.1 Å². The van der Waals surface area contributed by atoms with Crippen molar-refractivity contribution in [2.45, 2.75) is 25.8 Å². The second kappa shape index (κ2) is 8.25. The lowest BCUT2D eigenvalue weighted by Crippen LogP contribution is -2.28. The zero-order valence-corrected chi connectivity index (χ0v) is 16.7. The third-order valence-electron chi connectivity index (χ3n) is 5.42. The standard InChI is InChI=1S/C22H22ClN3O3/c23-19-5-2-1-4-15(19)13-25-14-16(12-21(25)28)22(29)24-17-7-9-18(10-8-17)26-11-3-6-20(26)27/h1-2,4-5,7-10,16H,3,6,11-14H2,(H,24,29)/t16-/m1/s1. The van der Waals surface area contributed by atoms with Crippen LogP contribution in [0.2, 0.25) is 5.02 Å². The fourth-order valence-electron chi connectivity index (χ4n) is 3.82. The van der Waals surface area contributed by atoms with Gasteiger partial charge >= 0.3 is 0 Å². The van der Waals surface area contributed by atoms with E-state index in [1.54, 1.807) is 28.0 Å². The number of nitrogens with zero attached hydrogens (tertiary/aromatic N) is 2. The van der Waals surface area contributed by atoms with Crippen molar-refractivity contribution < 1.29 is 14.4 Å². The maximum Gasteiger partial charge on any atom is 0.229 e. The molecule has 0 aromatic heterocycles. The van der Waals surface area contributed by atoms with Crippen LogP contribution in [0.25, 0.3) is 0 Å². The molecule has 0 unspecified atom stereocenters. The largest absolute Gasteiger partial charge is 0.337 e. The lowest BCUT2D eigenvalue weighted by Gasteiger charge is -2.18. The summed E-state index contributed by atoms with van der Waals surface area (Å²) in [6.07, 6.45) is 1.65. The fraction of sp³-hybridized carbons (Fsp3) is 0.318. The summed E-state index contributed by atoms with van der Waals surface area (Å²) >= 11 is 6.18. The number of anilines is 2. The lowest BCUT2D eigenvalue weighted by molar-refractivity contribution is -0.128. The normalized spacial score (nSPS) is 19.1. The van der Waals surface area contributed by atoms with Gasteiger partial charge in [0.25, 0.3) is 0 Å². The highest BCUT2D eigenvalue weighted by Crippen LogP contribution is 2.26. The minimum absolute atomic E-state index is 0.0482. The van der Waals surface area contributed by atoms with Crippen molar-refractivity contribution in [2.75, 3.05) is 23.3 Å². The van der Waals surface area contributed by atoms with Gasteiger partial charge in [-0.15, -0.1) is 0 Å². The number of carbonyl (C=O) groups is 3. The maximum absolute atomic E-state index is 12.6. The summed E-state index contributed by atoms with van der Waals surface area (Å²) in [6, 6.07) is 14.7. The van der Waals surface area contributed by atoms with Crippen LogP contribution in [0.4, 0.5) is 11.4 Å². The minimum Gasteiger partial charge on any atom is -0.337 e. The molecular formula is C22H22ClN3O3. The smallest absolute Gasteiger partial charge is 0.229 e. The predicted octanol–water partition coefficient (Wildman–Crippen LogP) is 3.45. The van der Waals surface area contributed by atoms with E-state index in [0.717, 1.165) is 24.2 Å². The van der Waals surface area contributed by atoms with Gasteiger partial charge in [0.15, 0.2) is 0 Å². The first kappa shape index (κ1) is 19.5. The summed E-state index contributed by atoms with van der Waals surface area (Å²) in [5.41, 5.74) is 2.37. The molecule has 2 aromatic carbocycles. The van der Waals surface area contributed by atoms with Gasteiger partial charge in [-0.2, -0.15) is 0 Å². The second-order valence-corrected chi connectivity index (χ2v) is 7.86. The Morgan fingerprint density at radius 1 is 1.07 bits per heavy atom. The molecule has 4 rings (SSSR count). The minimum atomic E-state index is -0.398. The molecule has 2 aliphatic heterocycles. The van der Waals surface area contributed by atoms with E-state index in [-0.39, 0.29) is 24.1 Å². The van der Waals surface area contributed by atoms with Crippen LogP contribution in [0.15, 0.2) is 48.5 Å². The van der Waals surface area contributed by atoms with Crippen LogP contribution < -0.4 is 10.2 Å². The summed E-state index contributed by atoms with van der Waals surface area (Å²) in [5.74, 6) is -0.493. The number of nitrogens with one attached hydrogen (secondary N) is 1. The molecule has 1 atom stereocenters. The van der Waals surface area contributed by atoms with E-state index in [1.165, 1.54) is 0 Å². The Morgan fingerprint density at radius 2 is 1.83 bits per heavy atom. The third kappa shape index (κ3) is 4.27. The highest BCUT2D eigenvalue weighted by atomic mass is 35.5. The Kier molecular flexibility index (Phi) is 5.53. The maximum atomic E-state index is 12.6. The number of hydrogen-bond acceptors (Lipinski definition) is 3. The van der Waals surface area contributed by atoms with E-state index in [2.05, 4.69) is 5.32 Å². The molecule has 7 heteroatoms. The van der Waals surface area contributed by atoms with Gasteiger partial charge in [0.2, 0.25) is 17.7 Å². The molecule has 3 amide bonds. The number of benzene rings is 2. The summed E-state index contributed by atoms with van der Waals surface area (Å²) in [5, 5.41) is 3.50. The number of hydrogen-bond donors (Lipinski definition) is 1. The van der Waals surface area contributed by atoms with Crippen LogP contribution in [0.1, 0.15) is 24.8 Å². The molecule has 1 N–H and O–H groups in total. The van der Waals surface area contributed by atoms with Gasteiger partial charge in [-0.1, -0.05) is 29.8 Å². The molecule has 0 bridgehead atoms. The first-order valence-electron chi connectivity index (χ1n) is 9.74. The molecule has 2 aliphatic rings. The Balaban J connectivity index is 1.36. The molecule has 2 heterocycles. The molecule has 0 aliphatic carbocycles. The quantitative estimate of drug-likeness (QED) is 0.819. The van der Waals surface area contributed by atoms with E-state index in [4.69, 9.17) is 11.6 Å². The highest BCUT2D eigenvalue weighted by molar-refractivity contribution is 6.31. The van der Waals surface area contributed by atoms with Crippen molar-refractivity contribution in [3.63, 3.8) is 0 Å². The summed E-state index contributed by atoms with van der Waals surface area (Å²) in [4.78, 5) is 40.3. The van der Waals surface area contributed by atoms with E-state index in [0.29, 0.717) is 30.2 Å². The SMILES string of the molecule is O=C(Nc1ccc(N2CCCC2=O)cc1)[C@@H]1CC(=O)N(Cc2ccccc2Cl)C1. The lowest BCUT2D eigenvalue weighted by atomic mass is 10.1. The number of amides is 3. The monoisotopic (exact) mass is 411 g/mol. The molecule has 6 nitrogen and oxygen atoms in total. The summed E-state index contributed by atoms with van der Waals surface area (Å²) < 4.78 is 0. The summed E-state index contributed by atoms with van der Waals surface area (Å²) in [7, 11) is 0. The van der Waals surface area contributed by atoms with Gasteiger partial charge in [-0.05, 0) is 42.3 Å². The third-order valence-corrected chi connectivity index (χ3v) is 5.79. The number of likely N-dealkylation sites (tertiary alicyclic amines) is 1. The number of halogens is 1. The van der Waals surface area contributed by atoms with E-state index < -0.39 is 5.92 Å². The predicted molar refractivity (Wildman–Crippen MR) is 112 cm³/mol. The molecule has 0 spiro atoms. The van der Waals surface area contributed by atoms with Crippen molar-refractivity contribution in [1.82, 2.24) is 4.90 Å². The Morgan fingerprint density at radius 3 is 2.52 bits per heavy atom. The highest BCUT2D eigenvalue weighted by Gasteiger charge is 2.34. The van der Waals surface area contributed by atoms with Gasteiger partial charge < -0.3 is 15.1 Å². The zero-order chi connectivity index (χ0) is 20.4. The van der Waals surface area contributed by atoms with Crippen LogP contribution in [-0.2, 0) is 20.9 Å². The molecule has 2 aromatic rings. The van der Waals surface area contributed by atoms with Gasteiger partial charge in [0.05, 0.1) is 5.92 Å². The van der Waals surface area contributed by atoms with Gasteiger partial charge in [0, 0.05) is 48.9 Å². The zero-order valence-electron chi connectivity index (χ0n) is 15.9. The van der Waals surface area contributed by atoms with Crippen LogP contribution >= 0.6 is 11.6 Å². The van der Waals surface area contributed by atoms with Crippen LogP contribution in [0.5, 0.6) is 0 Å². The van der Waals surface area contributed by atoms with Crippen LogP contribution in [0.3, 0.4) is 0 Å². The van der Waals surface area contributed by atoms with Crippen LogP contribution in [0, 0.1) is 5.92 Å². The average Bonchev–Trinajstić information content (AvgIpc) is 3.30. The van der Waals surface area contributed by atoms with Crippen molar-refractivity contribution >= 4 is 40.7 Å². The van der Waals surface area contributed by atoms with Crippen LogP contribution in [-0.4, -0.2) is 35.7 Å². The Bertz CT molecular complexity index is 945. The van der Waals surface area contributed by atoms with E-state index in [9.17, 15) is 14.4 Å². The summed E-state index contributed by atoms with van der Waals surface area (Å²) in [6.45, 7) is 1.51. The van der Waals surface area contributed by atoms with E-state index in [1.807, 2.05) is 30.3 Å². The van der Waals surface area contributed by atoms with Gasteiger partial charge in [0.1, 0.15) is 0 Å². The first-order chi connectivity index (χ1) is 14.0. The Hall–Kier alpha value is -2.86. The van der Waals surface area contributed by atoms with Gasteiger partial charge in [-0.3, -0.25) is 14.4 Å². The topological polar surface area (TPSA) is 69.7 Å². The van der Waals surface area contributed by atoms with Crippen molar-refractivity contribution in [3.8, 4) is 0 Å². The van der Waals surface area contributed by atoms with E-state index >= 15 is 0 Å². The molecule has 0 radical (unpaired) electrons. The van der Waals surface area contributed by atoms with Crippen molar-refractivity contribution in [1.29, 1.82) is 0 Å². The number of rotatable bonds is 5. The second-order valence-electron chi connectivity index (χ2n) is 7.45. The Labute approximate surface area is 174 Å². The van der Waals surface area contributed by atoms with Crippen molar-refractivity contribution in [2.24, 2.45) is 5.92 Å². The molecule has 150 valence electrons. The molecule has 0 saturated carbocycles. The molecule has 29 heavy (non-hydrogen) atoms. The first-order valence-corrected chi connectivity index (χ1v) is 10.1. The molecular weight excluding hydrogens is 390 g/mol. The number of carbonyl (C=O) groups excluding carboxylic acids is 3. The molecule has 2 saturated heterocycles.